The third kappa shape index (κ3) is 2.48. The van der Waals surface area contributed by atoms with E-state index in [1.54, 1.807) is 42.5 Å². The van der Waals surface area contributed by atoms with Gasteiger partial charge in [0.15, 0.2) is 0 Å². The van der Waals surface area contributed by atoms with E-state index in [2.05, 4.69) is 0 Å². The van der Waals surface area contributed by atoms with Crippen molar-refractivity contribution in [1.82, 2.24) is 0 Å². The summed E-state index contributed by atoms with van der Waals surface area (Å²) in [5.74, 6) is 0.579. The molecule has 0 spiro atoms. The van der Waals surface area contributed by atoms with E-state index >= 15 is 0 Å². The Hall–Kier alpha value is -2.27. The van der Waals surface area contributed by atoms with Gasteiger partial charge in [0.1, 0.15) is 12.4 Å². The van der Waals surface area contributed by atoms with Crippen LogP contribution in [-0.4, -0.2) is 15.0 Å². The van der Waals surface area contributed by atoms with Crippen LogP contribution in [0.4, 0.5) is 5.69 Å². The Balaban J connectivity index is 2.19. The maximum atomic E-state index is 13.1. The molecule has 0 saturated heterocycles. The summed E-state index contributed by atoms with van der Waals surface area (Å²) in [5.41, 5.74) is 1.20. The summed E-state index contributed by atoms with van der Waals surface area (Å²) in [6.45, 7) is 2.22. The molecule has 1 aliphatic heterocycles. The van der Waals surface area contributed by atoms with Gasteiger partial charge in [0.25, 0.3) is 10.0 Å². The number of rotatable bonds is 3. The largest absolute Gasteiger partial charge is 0.485 e. The molecule has 1 heterocycles. The van der Waals surface area contributed by atoms with E-state index in [4.69, 9.17) is 4.74 Å². The Kier molecular flexibility index (Phi) is 3.90. The number of hydrogen-bond donors (Lipinski definition) is 0. The maximum Gasteiger partial charge on any atom is 0.268 e. The molecule has 2 aromatic carbocycles. The van der Waals surface area contributed by atoms with Gasteiger partial charge in [0.2, 0.25) is 0 Å². The summed E-state index contributed by atoms with van der Waals surface area (Å²) >= 11 is 0. The number of para-hydroxylation sites is 2. The molecule has 3 rings (SSSR count). The normalized spacial score (nSPS) is 16.2. The molecule has 2 aromatic rings. The van der Waals surface area contributed by atoms with Gasteiger partial charge >= 0.3 is 0 Å². The Morgan fingerprint density at radius 2 is 1.77 bits per heavy atom. The standard InChI is InChI=1S/C17H17NO3S/c1-2-8-14-13-21-17-12-7-6-11-16(17)18(14)22(19,20)15-9-4-3-5-10-15/h3-12H,2,13H2,1H3/b14-8-. The molecule has 114 valence electrons. The highest BCUT2D eigenvalue weighted by atomic mass is 32.2. The highest BCUT2D eigenvalue weighted by Crippen LogP contribution is 2.38. The van der Waals surface area contributed by atoms with Crippen LogP contribution in [-0.2, 0) is 10.0 Å². The van der Waals surface area contributed by atoms with Crippen LogP contribution in [0.15, 0.2) is 71.3 Å². The molecule has 0 atom stereocenters. The van der Waals surface area contributed by atoms with Crippen molar-refractivity contribution < 1.29 is 13.2 Å². The summed E-state index contributed by atoms with van der Waals surface area (Å²) in [4.78, 5) is 0.272. The first kappa shape index (κ1) is 14.7. The van der Waals surface area contributed by atoms with Gasteiger partial charge in [0.05, 0.1) is 16.3 Å². The molecule has 0 radical (unpaired) electrons. The van der Waals surface area contributed by atoms with Crippen molar-refractivity contribution in [2.75, 3.05) is 10.9 Å². The second-order valence-corrected chi connectivity index (χ2v) is 6.73. The number of sulfonamides is 1. The zero-order chi connectivity index (χ0) is 15.6. The number of hydrogen-bond acceptors (Lipinski definition) is 3. The van der Waals surface area contributed by atoms with Gasteiger partial charge in [-0.25, -0.2) is 12.7 Å². The van der Waals surface area contributed by atoms with Crippen molar-refractivity contribution in [3.8, 4) is 5.75 Å². The fourth-order valence-electron chi connectivity index (χ4n) is 2.47. The van der Waals surface area contributed by atoms with Crippen molar-refractivity contribution >= 4 is 15.7 Å². The SMILES string of the molecule is CC/C=C1/COc2ccccc2N1S(=O)(=O)c1ccccc1. The quantitative estimate of drug-likeness (QED) is 0.870. The molecule has 0 fully saturated rings. The number of benzene rings is 2. The van der Waals surface area contributed by atoms with E-state index in [0.717, 1.165) is 6.42 Å². The first-order valence-corrected chi connectivity index (χ1v) is 8.60. The smallest absolute Gasteiger partial charge is 0.268 e. The van der Waals surface area contributed by atoms with E-state index in [-0.39, 0.29) is 11.5 Å². The Bertz CT molecular complexity index is 798. The molecule has 0 N–H and O–H groups in total. The minimum atomic E-state index is -3.66. The van der Waals surface area contributed by atoms with Gasteiger partial charge in [-0.1, -0.05) is 43.3 Å². The Labute approximate surface area is 130 Å². The number of anilines is 1. The molecule has 5 heteroatoms. The molecular formula is C17H17NO3S. The molecule has 0 saturated carbocycles. The summed E-state index contributed by atoms with van der Waals surface area (Å²) in [6, 6.07) is 15.7. The predicted octanol–water partition coefficient (Wildman–Crippen LogP) is 3.57. The van der Waals surface area contributed by atoms with E-state index in [1.165, 1.54) is 4.31 Å². The van der Waals surface area contributed by atoms with Gasteiger partial charge in [0, 0.05) is 0 Å². The molecule has 1 aliphatic rings. The minimum absolute atomic E-state index is 0.247. The average molecular weight is 315 g/mol. The molecule has 0 amide bonds. The van der Waals surface area contributed by atoms with Crippen LogP contribution in [0.2, 0.25) is 0 Å². The maximum absolute atomic E-state index is 13.1. The predicted molar refractivity (Wildman–Crippen MR) is 86.4 cm³/mol. The Morgan fingerprint density at radius 1 is 1.09 bits per heavy atom. The van der Waals surface area contributed by atoms with Crippen LogP contribution in [0.3, 0.4) is 0 Å². The topological polar surface area (TPSA) is 46.6 Å². The van der Waals surface area contributed by atoms with Crippen molar-refractivity contribution in [2.24, 2.45) is 0 Å². The van der Waals surface area contributed by atoms with Gasteiger partial charge in [-0.3, -0.25) is 0 Å². The monoisotopic (exact) mass is 315 g/mol. The van der Waals surface area contributed by atoms with Crippen molar-refractivity contribution in [3.63, 3.8) is 0 Å². The second kappa shape index (κ2) is 5.85. The molecule has 0 aromatic heterocycles. The van der Waals surface area contributed by atoms with Crippen LogP contribution in [0, 0.1) is 0 Å². The van der Waals surface area contributed by atoms with E-state index in [0.29, 0.717) is 17.1 Å². The lowest BCUT2D eigenvalue weighted by atomic mass is 10.2. The van der Waals surface area contributed by atoms with E-state index in [9.17, 15) is 8.42 Å². The zero-order valence-corrected chi connectivity index (χ0v) is 13.1. The lowest BCUT2D eigenvalue weighted by molar-refractivity contribution is 0.340. The lowest BCUT2D eigenvalue weighted by Gasteiger charge is -2.32. The molecule has 0 aliphatic carbocycles. The average Bonchev–Trinajstić information content (AvgIpc) is 2.55. The lowest BCUT2D eigenvalue weighted by Crippen LogP contribution is -2.36. The number of nitrogens with zero attached hydrogens (tertiary/aromatic N) is 1. The third-order valence-corrected chi connectivity index (χ3v) is 5.22. The number of allylic oxidation sites excluding steroid dienone is 1. The summed E-state index contributed by atoms with van der Waals surface area (Å²) in [5, 5.41) is 0. The minimum Gasteiger partial charge on any atom is -0.485 e. The van der Waals surface area contributed by atoms with Crippen LogP contribution in [0.5, 0.6) is 5.75 Å². The van der Waals surface area contributed by atoms with Crippen LogP contribution in [0.1, 0.15) is 13.3 Å². The first-order valence-electron chi connectivity index (χ1n) is 7.16. The van der Waals surface area contributed by atoms with E-state index < -0.39 is 10.0 Å². The van der Waals surface area contributed by atoms with Crippen molar-refractivity contribution in [3.05, 3.63) is 66.4 Å². The zero-order valence-electron chi connectivity index (χ0n) is 12.3. The van der Waals surface area contributed by atoms with E-state index in [1.807, 2.05) is 25.1 Å². The van der Waals surface area contributed by atoms with Crippen LogP contribution in [0.25, 0.3) is 0 Å². The summed E-state index contributed by atoms with van der Waals surface area (Å²) in [6.07, 6.45) is 2.62. The van der Waals surface area contributed by atoms with Gasteiger partial charge < -0.3 is 4.74 Å². The van der Waals surface area contributed by atoms with Gasteiger partial charge in [-0.15, -0.1) is 0 Å². The second-order valence-electron chi connectivity index (χ2n) is 4.94. The first-order chi connectivity index (χ1) is 10.6. The number of fused-ring (bicyclic) bond motifs is 1. The molecular weight excluding hydrogens is 298 g/mol. The highest BCUT2D eigenvalue weighted by molar-refractivity contribution is 7.93. The van der Waals surface area contributed by atoms with Crippen LogP contribution >= 0.6 is 0 Å². The summed E-state index contributed by atoms with van der Waals surface area (Å²) < 4.78 is 33.2. The highest BCUT2D eigenvalue weighted by Gasteiger charge is 2.33. The van der Waals surface area contributed by atoms with Crippen molar-refractivity contribution in [2.45, 2.75) is 18.2 Å². The number of ether oxygens (including phenoxy) is 1. The summed E-state index contributed by atoms with van der Waals surface area (Å²) in [7, 11) is -3.66. The molecule has 0 bridgehead atoms. The molecule has 0 unspecified atom stereocenters. The fourth-order valence-corrected chi connectivity index (χ4v) is 4.03. The molecule has 22 heavy (non-hydrogen) atoms. The fraction of sp³-hybridized carbons (Fsp3) is 0.176. The Morgan fingerprint density at radius 3 is 2.50 bits per heavy atom. The molecule has 4 nitrogen and oxygen atoms in total. The van der Waals surface area contributed by atoms with Crippen molar-refractivity contribution in [1.29, 1.82) is 0 Å². The van der Waals surface area contributed by atoms with Gasteiger partial charge in [-0.2, -0.15) is 0 Å². The van der Waals surface area contributed by atoms with Gasteiger partial charge in [-0.05, 0) is 30.7 Å². The third-order valence-electron chi connectivity index (χ3n) is 3.44. The van der Waals surface area contributed by atoms with Crippen LogP contribution < -0.4 is 9.04 Å².